The number of rotatable bonds is 9. The third kappa shape index (κ3) is 8.70. The maximum Gasteiger partial charge on any atom is 0.259 e. The van der Waals surface area contributed by atoms with Gasteiger partial charge in [-0.2, -0.15) is 0 Å². The summed E-state index contributed by atoms with van der Waals surface area (Å²) in [6, 6.07) is 7.21. The lowest BCUT2D eigenvalue weighted by Gasteiger charge is -2.26. The number of sulfonamides is 1. The van der Waals surface area contributed by atoms with E-state index in [1.807, 2.05) is 44.4 Å². The van der Waals surface area contributed by atoms with Crippen LogP contribution in [0.5, 0.6) is 11.5 Å². The fourth-order valence-electron chi connectivity index (χ4n) is 7.70. The third-order valence-corrected chi connectivity index (χ3v) is 13.5. The number of carbonyl (C=O) groups is 4. The molecule has 4 aliphatic rings. The number of nitrogens with zero attached hydrogens (tertiary/aromatic N) is 3. The fraction of sp³-hybridized carbons (Fsp3) is 0.550. The molecule has 0 radical (unpaired) electrons. The number of anilines is 1. The first-order valence-electron chi connectivity index (χ1n) is 19.3. The number of aromatic nitrogens is 2. The van der Waals surface area contributed by atoms with E-state index in [-0.39, 0.29) is 42.4 Å². The number of methoxy groups -OCH3 is 1. The van der Waals surface area contributed by atoms with Crippen molar-refractivity contribution in [3.05, 3.63) is 41.8 Å². The highest BCUT2D eigenvalue weighted by molar-refractivity contribution is 7.91. The van der Waals surface area contributed by atoms with E-state index < -0.39 is 50.6 Å². The molecule has 3 fully saturated rings. The molecule has 56 heavy (non-hydrogen) atoms. The Morgan fingerprint density at radius 2 is 1.84 bits per heavy atom. The van der Waals surface area contributed by atoms with Gasteiger partial charge in [-0.15, -0.1) is 11.3 Å². The standard InChI is InChI=1S/C40H50N6O8S2/c1-39(2,3)21-34(47)43-38-42-32(22-55-38)31-19-33(27-14-11-24(53-5)18-30(27)41-31)54-25-16-28-29(17-25)36(49)46(4)15-9-7-6-8-10-23-20-40(23,44-35(28)48)37(50)45-56(51,52)26-12-13-26/h8,10-11,14,18-19,22-23,25-26,28-29H,6-7,9,12-13,15-17,20-21H2,1-5H3,(H,44,48)(H,45,50)(H,42,43,47). The molecule has 7 rings (SSSR count). The predicted molar refractivity (Wildman–Crippen MR) is 212 cm³/mol. The number of benzene rings is 1. The van der Waals surface area contributed by atoms with Crippen molar-refractivity contribution in [2.24, 2.45) is 23.2 Å². The maximum atomic E-state index is 14.3. The van der Waals surface area contributed by atoms with Crippen LogP contribution in [0.15, 0.2) is 41.8 Å². The Hall–Kier alpha value is -4.57. The molecular formula is C40H50N6O8S2. The Labute approximate surface area is 331 Å². The minimum absolute atomic E-state index is 0.135. The summed E-state index contributed by atoms with van der Waals surface area (Å²) in [5.41, 5.74) is 0.00244. The molecule has 1 aliphatic heterocycles. The van der Waals surface area contributed by atoms with Gasteiger partial charge in [0.2, 0.25) is 27.7 Å². The maximum absolute atomic E-state index is 14.3. The van der Waals surface area contributed by atoms with Crippen LogP contribution in [0.2, 0.25) is 0 Å². The van der Waals surface area contributed by atoms with Crippen molar-refractivity contribution in [1.82, 2.24) is 24.9 Å². The van der Waals surface area contributed by atoms with Gasteiger partial charge in [-0.1, -0.05) is 32.9 Å². The first-order chi connectivity index (χ1) is 26.5. The van der Waals surface area contributed by atoms with Crippen molar-refractivity contribution in [3.63, 3.8) is 0 Å². The van der Waals surface area contributed by atoms with E-state index >= 15 is 0 Å². The van der Waals surface area contributed by atoms with E-state index in [2.05, 4.69) is 20.3 Å². The van der Waals surface area contributed by atoms with Gasteiger partial charge in [0.05, 0.1) is 35.4 Å². The highest BCUT2D eigenvalue weighted by Crippen LogP contribution is 2.47. The molecule has 3 saturated carbocycles. The molecule has 16 heteroatoms. The first-order valence-corrected chi connectivity index (χ1v) is 21.7. The van der Waals surface area contributed by atoms with Crippen molar-refractivity contribution in [2.45, 2.75) is 95.5 Å². The summed E-state index contributed by atoms with van der Waals surface area (Å²) < 4.78 is 40.1. The van der Waals surface area contributed by atoms with Crippen LogP contribution in [-0.2, 0) is 29.2 Å². The molecule has 3 heterocycles. The molecule has 5 atom stereocenters. The predicted octanol–water partition coefficient (Wildman–Crippen LogP) is 5.20. The molecular weight excluding hydrogens is 757 g/mol. The number of thiazole rings is 1. The van der Waals surface area contributed by atoms with E-state index in [1.165, 1.54) is 11.3 Å². The monoisotopic (exact) mass is 806 g/mol. The molecule has 2 aromatic heterocycles. The Kier molecular flexibility index (Phi) is 10.9. The zero-order chi connectivity index (χ0) is 40.0. The molecule has 300 valence electrons. The number of nitrogens with one attached hydrogen (secondary N) is 3. The van der Waals surface area contributed by atoms with Crippen LogP contribution in [0.1, 0.15) is 78.6 Å². The summed E-state index contributed by atoms with van der Waals surface area (Å²) in [5.74, 6) is -2.41. The topological polar surface area (TPSA) is 186 Å². The Balaban J connectivity index is 1.17. The minimum atomic E-state index is -3.85. The second kappa shape index (κ2) is 15.4. The van der Waals surface area contributed by atoms with E-state index in [9.17, 15) is 27.6 Å². The van der Waals surface area contributed by atoms with E-state index in [0.29, 0.717) is 64.7 Å². The molecule has 3 aliphatic carbocycles. The second-order valence-electron chi connectivity index (χ2n) is 16.8. The number of amides is 4. The Bertz CT molecular complexity index is 2180. The number of hydrogen-bond acceptors (Lipinski definition) is 11. The lowest BCUT2D eigenvalue weighted by molar-refractivity contribution is -0.140. The Morgan fingerprint density at radius 3 is 2.57 bits per heavy atom. The van der Waals surface area contributed by atoms with Crippen LogP contribution in [0.3, 0.4) is 0 Å². The van der Waals surface area contributed by atoms with Gasteiger partial charge in [0.25, 0.3) is 5.91 Å². The Morgan fingerprint density at radius 1 is 1.07 bits per heavy atom. The molecule has 3 N–H and O–H groups in total. The summed E-state index contributed by atoms with van der Waals surface area (Å²) in [6.45, 7) is 6.51. The number of hydrogen-bond donors (Lipinski definition) is 3. The fourth-order valence-corrected chi connectivity index (χ4v) is 9.78. The number of allylic oxidation sites excluding steroid dienone is 1. The first kappa shape index (κ1) is 39.7. The van der Waals surface area contributed by atoms with Crippen molar-refractivity contribution >= 4 is 61.0 Å². The molecule has 1 aromatic carbocycles. The van der Waals surface area contributed by atoms with Crippen LogP contribution in [0.4, 0.5) is 5.13 Å². The van der Waals surface area contributed by atoms with Crippen molar-refractivity contribution in [2.75, 3.05) is 26.0 Å². The van der Waals surface area contributed by atoms with Gasteiger partial charge >= 0.3 is 0 Å². The van der Waals surface area contributed by atoms with Gasteiger partial charge in [-0.25, -0.2) is 18.4 Å². The van der Waals surface area contributed by atoms with Crippen molar-refractivity contribution in [3.8, 4) is 22.9 Å². The minimum Gasteiger partial charge on any atom is -0.497 e. The summed E-state index contributed by atoms with van der Waals surface area (Å²) in [7, 11) is -0.542. The van der Waals surface area contributed by atoms with Gasteiger partial charge in [0, 0.05) is 48.8 Å². The smallest absolute Gasteiger partial charge is 0.259 e. The van der Waals surface area contributed by atoms with Gasteiger partial charge in [-0.3, -0.25) is 23.9 Å². The van der Waals surface area contributed by atoms with E-state index in [0.717, 1.165) is 19.3 Å². The third-order valence-electron chi connectivity index (χ3n) is 11.0. The average Bonchev–Trinajstić information content (AvgIpc) is 4.02. The highest BCUT2D eigenvalue weighted by Gasteiger charge is 2.62. The molecule has 0 saturated heterocycles. The van der Waals surface area contributed by atoms with E-state index in [1.54, 1.807) is 37.3 Å². The van der Waals surface area contributed by atoms with Crippen LogP contribution < -0.4 is 24.8 Å². The van der Waals surface area contributed by atoms with Gasteiger partial charge < -0.3 is 25.0 Å². The van der Waals surface area contributed by atoms with Crippen LogP contribution in [-0.4, -0.2) is 84.5 Å². The molecule has 3 aromatic rings. The van der Waals surface area contributed by atoms with Gasteiger partial charge in [0.1, 0.15) is 28.8 Å². The number of fused-ring (bicyclic) bond motifs is 3. The number of ether oxygens (including phenoxy) is 2. The molecule has 5 unspecified atom stereocenters. The largest absolute Gasteiger partial charge is 0.497 e. The second-order valence-corrected chi connectivity index (χ2v) is 19.6. The lowest BCUT2D eigenvalue weighted by atomic mass is 9.92. The van der Waals surface area contributed by atoms with Gasteiger partial charge in [0.15, 0.2) is 5.13 Å². The van der Waals surface area contributed by atoms with Crippen LogP contribution in [0.25, 0.3) is 22.3 Å². The molecule has 14 nitrogen and oxygen atoms in total. The highest BCUT2D eigenvalue weighted by atomic mass is 32.2. The molecule has 0 bridgehead atoms. The van der Waals surface area contributed by atoms with Crippen LogP contribution >= 0.6 is 11.3 Å². The summed E-state index contributed by atoms with van der Waals surface area (Å²) >= 11 is 1.29. The zero-order valence-corrected chi connectivity index (χ0v) is 34.1. The summed E-state index contributed by atoms with van der Waals surface area (Å²) in [4.78, 5) is 65.8. The summed E-state index contributed by atoms with van der Waals surface area (Å²) in [6.07, 6.45) is 7.64. The summed E-state index contributed by atoms with van der Waals surface area (Å²) in [5, 5.41) is 8.17. The zero-order valence-electron chi connectivity index (χ0n) is 32.4. The quantitative estimate of drug-likeness (QED) is 0.243. The van der Waals surface area contributed by atoms with Crippen molar-refractivity contribution < 1.29 is 37.1 Å². The van der Waals surface area contributed by atoms with Gasteiger partial charge in [-0.05, 0) is 68.9 Å². The lowest BCUT2D eigenvalue weighted by Crippen LogP contribution is -2.54. The molecule has 0 spiro atoms. The van der Waals surface area contributed by atoms with Crippen LogP contribution in [0, 0.1) is 23.2 Å². The van der Waals surface area contributed by atoms with E-state index in [4.69, 9.17) is 14.5 Å². The van der Waals surface area contributed by atoms with Crippen molar-refractivity contribution in [1.29, 1.82) is 0 Å². The number of carbonyl (C=O) groups excluding carboxylic acids is 4. The average molecular weight is 807 g/mol. The normalized spacial score (nSPS) is 25.8. The molecule has 4 amide bonds. The number of pyridine rings is 1. The SMILES string of the molecule is COc1ccc2c(OC3CC4C(=O)NC5(C(=O)NS(=O)(=O)C6CC6)CC5C=CCCCCN(C)C(=O)C4C3)cc(-c3csc(NC(=O)CC(C)(C)C)n3)nc2c1.